The molecule has 0 spiro atoms. The van der Waals surface area contributed by atoms with Crippen LogP contribution in [0.4, 0.5) is 5.69 Å². The Bertz CT molecular complexity index is 2420. The fourth-order valence-electron chi connectivity index (χ4n) is 5.52. The maximum Gasteiger partial charge on any atom is 0.255 e. The lowest BCUT2D eigenvalue weighted by molar-refractivity contribution is 0.0915. The normalized spacial score (nSPS) is 15.2. The first-order valence-corrected chi connectivity index (χ1v) is 17.2. The third-order valence-corrected chi connectivity index (χ3v) is 9.05. The fraction of sp³-hybridized carbons (Fsp3) is 0.282. The lowest BCUT2D eigenvalue weighted by Crippen LogP contribution is -2.40. The largest absolute Gasteiger partial charge is 0.496 e. The van der Waals surface area contributed by atoms with Crippen LogP contribution in [0, 0.1) is 6.92 Å². The van der Waals surface area contributed by atoms with Gasteiger partial charge in [-0.05, 0) is 94.6 Å². The Hall–Kier alpha value is -5.09. The van der Waals surface area contributed by atoms with E-state index in [0.717, 1.165) is 16.1 Å². The summed E-state index contributed by atoms with van der Waals surface area (Å²) in [5, 5.41) is 2.12. The molecular formula is C39H42N2O7S. The lowest BCUT2D eigenvalue weighted by atomic mass is 9.95. The highest BCUT2D eigenvalue weighted by molar-refractivity contribution is 7.92. The number of carbonyl (C=O) groups is 2. The van der Waals surface area contributed by atoms with Crippen molar-refractivity contribution in [3.05, 3.63) is 95.6 Å². The van der Waals surface area contributed by atoms with Gasteiger partial charge in [-0.2, -0.15) is 0 Å². The molecular weight excluding hydrogens is 641 g/mol. The van der Waals surface area contributed by atoms with Crippen LogP contribution < -0.4 is 19.1 Å². The van der Waals surface area contributed by atoms with E-state index in [1.165, 1.54) is 37.4 Å². The van der Waals surface area contributed by atoms with Crippen molar-refractivity contribution in [3.63, 3.8) is 0 Å². The molecule has 4 aromatic carbocycles. The van der Waals surface area contributed by atoms with Gasteiger partial charge in [0.05, 0.1) is 30.2 Å². The van der Waals surface area contributed by atoms with Crippen molar-refractivity contribution in [2.45, 2.75) is 53.3 Å². The summed E-state index contributed by atoms with van der Waals surface area (Å²) in [6.07, 6.45) is 1.07. The van der Waals surface area contributed by atoms with Crippen LogP contribution in [0.2, 0.25) is 0 Å². The molecule has 1 heterocycles. The first-order valence-electron chi connectivity index (χ1n) is 19.9. The molecule has 0 saturated carbocycles. The molecule has 0 bridgehead atoms. The highest BCUT2D eigenvalue weighted by Crippen LogP contribution is 2.43. The molecule has 0 radical (unpaired) electrons. The average molecular weight is 692 g/mol. The number of furan rings is 1. The van der Waals surface area contributed by atoms with Crippen LogP contribution >= 0.6 is 0 Å². The number of aryl methyl sites for hydroxylation is 1. The number of ether oxygens (including phenoxy) is 2. The van der Waals surface area contributed by atoms with Crippen LogP contribution in [-0.4, -0.2) is 45.6 Å². The summed E-state index contributed by atoms with van der Waals surface area (Å²) in [5.74, 6) is -0.524. The maximum absolute atomic E-state index is 14.0. The van der Waals surface area contributed by atoms with E-state index in [4.69, 9.17) is 26.2 Å². The number of amides is 1. The highest BCUT2D eigenvalue weighted by atomic mass is 32.2. The number of methoxy groups -OCH3 is 1. The Labute approximate surface area is 300 Å². The number of nitrogens with one attached hydrogen (secondary N) is 1. The van der Waals surface area contributed by atoms with Crippen molar-refractivity contribution < 1.29 is 44.2 Å². The monoisotopic (exact) mass is 691 g/mol. The third kappa shape index (κ3) is 7.65. The van der Waals surface area contributed by atoms with Crippen molar-refractivity contribution in [2.24, 2.45) is 0 Å². The number of rotatable bonds is 11. The van der Waals surface area contributed by atoms with Crippen molar-refractivity contribution in [1.82, 2.24) is 5.32 Å². The van der Waals surface area contributed by atoms with E-state index in [1.807, 2.05) is 36.5 Å². The van der Waals surface area contributed by atoms with E-state index in [1.54, 1.807) is 38.1 Å². The van der Waals surface area contributed by atoms with Gasteiger partial charge in [-0.15, -0.1) is 0 Å². The number of benzene rings is 4. The summed E-state index contributed by atoms with van der Waals surface area (Å²) in [7, 11) is -2.78. The van der Waals surface area contributed by atoms with Gasteiger partial charge in [-0.25, -0.2) is 8.42 Å². The zero-order valence-electron chi connectivity index (χ0n) is 36.6. The number of carbonyl (C=O) groups excluding carboxylic acids is 2. The van der Waals surface area contributed by atoms with E-state index in [0.29, 0.717) is 22.4 Å². The van der Waals surface area contributed by atoms with Gasteiger partial charge < -0.3 is 19.2 Å². The number of Topliss-reactive ketones (excluding diaryl/α,β-unsaturated/α-hetero) is 1. The number of sulfonamides is 1. The average Bonchev–Trinajstić information content (AvgIpc) is 3.50. The molecule has 0 fully saturated rings. The summed E-state index contributed by atoms with van der Waals surface area (Å²) in [6.45, 7) is -6.05. The highest BCUT2D eigenvalue weighted by Gasteiger charge is 2.27. The van der Waals surface area contributed by atoms with Gasteiger partial charge in [0.2, 0.25) is 10.0 Å². The van der Waals surface area contributed by atoms with E-state index < -0.39 is 47.6 Å². The molecule has 0 atom stereocenters. The van der Waals surface area contributed by atoms with Crippen LogP contribution in [0.3, 0.4) is 0 Å². The second-order valence-electron chi connectivity index (χ2n) is 11.4. The van der Waals surface area contributed by atoms with Crippen LogP contribution in [0.15, 0.2) is 83.3 Å². The Morgan fingerprint density at radius 2 is 1.55 bits per heavy atom. The van der Waals surface area contributed by atoms with Gasteiger partial charge in [0.25, 0.3) is 5.91 Å². The van der Waals surface area contributed by atoms with Gasteiger partial charge in [-0.3, -0.25) is 13.9 Å². The van der Waals surface area contributed by atoms with E-state index in [9.17, 15) is 18.0 Å². The molecule has 5 rings (SSSR count). The van der Waals surface area contributed by atoms with E-state index >= 15 is 0 Å². The number of ketones is 1. The second-order valence-corrected chi connectivity index (χ2v) is 13.3. The lowest BCUT2D eigenvalue weighted by Gasteiger charge is -2.24. The van der Waals surface area contributed by atoms with Crippen molar-refractivity contribution in [1.29, 1.82) is 0 Å². The standard InChI is InChI=1S/C39H42N2O7S/c1-9-33(42)36-30-22-29(26-15-20-34(46-7)31(21-26)38(43)40-39(4,5)6)32(41(10-2)49(8,44)45)23-35(30)48-37(36)25-13-18-28(19-14-25)47-27-16-11-24(3)12-17-27/h11-23H,9-10H2,1-8H3,(H,40,43)/i4D3,5D3,6D3. The molecule has 256 valence electrons. The van der Waals surface area contributed by atoms with E-state index in [-0.39, 0.29) is 58.2 Å². The van der Waals surface area contributed by atoms with Crippen molar-refractivity contribution in [2.75, 3.05) is 24.2 Å². The number of anilines is 1. The Balaban J connectivity index is 1.73. The van der Waals surface area contributed by atoms with Gasteiger partial charge in [0.15, 0.2) is 5.78 Å². The SMILES string of the molecule is [2H]C([2H])([2H])C(NC(=O)c1cc(-c2cc3c(C(=O)CC)c(-c4ccc(Oc5ccc(C)cc5)cc4)oc3cc2N(CC)S(C)(=O)=O)ccc1OC)(C([2H])([2H])[2H])C([2H])([2H])[2H]. The predicted octanol–water partition coefficient (Wildman–Crippen LogP) is 8.78. The number of hydrogen-bond acceptors (Lipinski definition) is 7. The van der Waals surface area contributed by atoms with Crippen LogP contribution in [0.5, 0.6) is 17.2 Å². The van der Waals surface area contributed by atoms with Gasteiger partial charge in [0.1, 0.15) is 28.6 Å². The molecule has 5 aromatic rings. The van der Waals surface area contributed by atoms with E-state index in [2.05, 4.69) is 0 Å². The molecule has 0 unspecified atom stereocenters. The minimum Gasteiger partial charge on any atom is -0.496 e. The smallest absolute Gasteiger partial charge is 0.255 e. The molecule has 0 saturated heterocycles. The van der Waals surface area contributed by atoms with Crippen LogP contribution in [-0.2, 0) is 10.0 Å². The molecule has 1 amide bonds. The quantitative estimate of drug-likeness (QED) is 0.138. The van der Waals surface area contributed by atoms with Crippen molar-refractivity contribution in [3.8, 4) is 39.7 Å². The summed E-state index contributed by atoms with van der Waals surface area (Å²) < 4.78 is 117. The topological polar surface area (TPSA) is 115 Å². The molecule has 0 aliphatic rings. The number of fused-ring (bicyclic) bond motifs is 1. The molecule has 0 aliphatic carbocycles. The molecule has 10 heteroatoms. The number of hydrogen-bond donors (Lipinski definition) is 1. The first-order chi connectivity index (χ1) is 26.9. The Kier molecular flexibility index (Phi) is 7.03. The Morgan fingerprint density at radius 3 is 2.12 bits per heavy atom. The molecule has 1 aromatic heterocycles. The van der Waals surface area contributed by atoms with Gasteiger partial charge in [0, 0.05) is 53.4 Å². The first kappa shape index (κ1) is 25.0. The molecule has 49 heavy (non-hydrogen) atoms. The number of nitrogens with zero attached hydrogens (tertiary/aromatic N) is 1. The molecule has 9 nitrogen and oxygen atoms in total. The summed E-state index contributed by atoms with van der Waals surface area (Å²) in [4.78, 5) is 27.7. The predicted molar refractivity (Wildman–Crippen MR) is 195 cm³/mol. The minimum absolute atomic E-state index is 0.0597. The van der Waals surface area contributed by atoms with Gasteiger partial charge in [-0.1, -0.05) is 30.7 Å². The van der Waals surface area contributed by atoms with Crippen LogP contribution in [0.25, 0.3) is 33.4 Å². The maximum atomic E-state index is 14.0. The molecule has 1 N–H and O–H groups in total. The second kappa shape index (κ2) is 13.8. The zero-order chi connectivity index (χ0) is 43.2. The van der Waals surface area contributed by atoms with Crippen LogP contribution in [0.1, 0.15) is 79.4 Å². The Morgan fingerprint density at radius 1 is 0.918 bits per heavy atom. The third-order valence-electron chi connectivity index (χ3n) is 7.79. The summed E-state index contributed by atoms with van der Waals surface area (Å²) in [6, 6.07) is 21.3. The molecule has 0 aliphatic heterocycles. The summed E-state index contributed by atoms with van der Waals surface area (Å²) in [5.41, 5.74) is -1.81. The van der Waals surface area contributed by atoms with Gasteiger partial charge >= 0.3 is 0 Å². The zero-order valence-corrected chi connectivity index (χ0v) is 28.4. The fourth-order valence-corrected chi connectivity index (χ4v) is 6.49. The van der Waals surface area contributed by atoms with Crippen molar-refractivity contribution >= 4 is 38.4 Å². The summed E-state index contributed by atoms with van der Waals surface area (Å²) >= 11 is 0. The minimum atomic E-state index is -3.97.